The molecule has 0 atom stereocenters. The lowest BCUT2D eigenvalue weighted by Crippen LogP contribution is -2.01. The number of halogens is 3. The van der Waals surface area contributed by atoms with Gasteiger partial charge < -0.3 is 14.5 Å². The number of H-pyrrole nitrogens is 1. The molecule has 4 rings (SSSR count). The number of imidazole rings is 1. The second kappa shape index (κ2) is 9.20. The van der Waals surface area contributed by atoms with Crippen molar-refractivity contribution in [3.05, 3.63) is 87.7 Å². The number of hydrogen-bond donors (Lipinski definition) is 1. The maximum atomic E-state index is 13.9. The van der Waals surface area contributed by atoms with Gasteiger partial charge in [0.05, 0.1) is 28.2 Å². The summed E-state index contributed by atoms with van der Waals surface area (Å²) in [5.41, 5.74) is 2.37. The van der Waals surface area contributed by atoms with Gasteiger partial charge in [-0.15, -0.1) is 0 Å². The predicted molar refractivity (Wildman–Crippen MR) is 121 cm³/mol. The molecule has 160 valence electrons. The molecule has 5 nitrogen and oxygen atoms in total. The lowest BCUT2D eigenvalue weighted by Gasteiger charge is -2.14. The lowest BCUT2D eigenvalue weighted by atomic mass is 10.1. The van der Waals surface area contributed by atoms with Gasteiger partial charge in [-0.1, -0.05) is 18.2 Å². The molecule has 0 radical (unpaired) electrons. The number of aromatic nitrogens is 2. The van der Waals surface area contributed by atoms with Crippen LogP contribution < -0.4 is 9.47 Å². The molecule has 0 bridgehead atoms. The normalized spacial score (nSPS) is 11.4. The molecule has 32 heavy (non-hydrogen) atoms. The Morgan fingerprint density at radius 3 is 2.75 bits per heavy atom. The van der Waals surface area contributed by atoms with Gasteiger partial charge in [0.15, 0.2) is 11.5 Å². The lowest BCUT2D eigenvalue weighted by molar-refractivity contribution is 0.278. The summed E-state index contributed by atoms with van der Waals surface area (Å²) in [6.07, 6.45) is 1.63. The van der Waals surface area contributed by atoms with Crippen LogP contribution in [0.4, 0.5) is 8.78 Å². The summed E-state index contributed by atoms with van der Waals surface area (Å²) in [5.74, 6) is 0.390. The Labute approximate surface area is 191 Å². The zero-order valence-corrected chi connectivity index (χ0v) is 18.4. The van der Waals surface area contributed by atoms with Crippen LogP contribution in [0.3, 0.4) is 0 Å². The molecule has 0 aliphatic carbocycles. The largest absolute Gasteiger partial charge is 0.493 e. The fourth-order valence-electron chi connectivity index (χ4n) is 3.16. The van der Waals surface area contributed by atoms with E-state index in [1.807, 2.05) is 0 Å². The summed E-state index contributed by atoms with van der Waals surface area (Å²) >= 11 is 3.46. The Morgan fingerprint density at radius 1 is 1.19 bits per heavy atom. The van der Waals surface area contributed by atoms with Crippen LogP contribution in [0, 0.1) is 23.0 Å². The Balaban J connectivity index is 1.65. The van der Waals surface area contributed by atoms with Gasteiger partial charge in [-0.05, 0) is 64.0 Å². The molecule has 0 aliphatic rings. The van der Waals surface area contributed by atoms with Gasteiger partial charge >= 0.3 is 0 Å². The number of ether oxygens (including phenoxy) is 2. The first-order chi connectivity index (χ1) is 15.5. The predicted octanol–water partition coefficient (Wildman–Crippen LogP) is 6.26. The Kier molecular flexibility index (Phi) is 6.19. The fraction of sp³-hybridized carbons (Fsp3) is 0.0833. The maximum Gasteiger partial charge on any atom is 0.175 e. The summed E-state index contributed by atoms with van der Waals surface area (Å²) in [4.78, 5) is 7.32. The smallest absolute Gasteiger partial charge is 0.175 e. The van der Waals surface area contributed by atoms with Crippen molar-refractivity contribution >= 4 is 38.6 Å². The first-order valence-corrected chi connectivity index (χ1v) is 10.3. The number of allylic oxidation sites excluding steroid dienone is 1. The summed E-state index contributed by atoms with van der Waals surface area (Å²) in [6, 6.07) is 16.1. The first kappa shape index (κ1) is 21.5. The van der Waals surface area contributed by atoms with Gasteiger partial charge in [-0.25, -0.2) is 13.8 Å². The number of benzene rings is 3. The highest BCUT2D eigenvalue weighted by Crippen LogP contribution is 2.38. The number of nitrogens with zero attached hydrogens (tertiary/aromatic N) is 2. The van der Waals surface area contributed by atoms with E-state index in [1.165, 1.54) is 25.3 Å². The highest BCUT2D eigenvalue weighted by atomic mass is 79.9. The number of aromatic amines is 1. The fourth-order valence-corrected chi connectivity index (χ4v) is 3.73. The van der Waals surface area contributed by atoms with E-state index in [0.29, 0.717) is 44.0 Å². The second-order valence-corrected chi connectivity index (χ2v) is 7.69. The highest BCUT2D eigenvalue weighted by molar-refractivity contribution is 9.10. The second-order valence-electron chi connectivity index (χ2n) is 6.83. The monoisotopic (exact) mass is 495 g/mol. The first-order valence-electron chi connectivity index (χ1n) is 9.49. The van der Waals surface area contributed by atoms with Crippen molar-refractivity contribution in [2.45, 2.75) is 6.61 Å². The van der Waals surface area contributed by atoms with Crippen molar-refractivity contribution < 1.29 is 18.3 Å². The molecular weight excluding hydrogens is 480 g/mol. The van der Waals surface area contributed by atoms with Crippen LogP contribution in [-0.4, -0.2) is 17.1 Å². The zero-order valence-electron chi connectivity index (χ0n) is 16.8. The molecule has 4 aromatic rings. The molecule has 1 heterocycles. The van der Waals surface area contributed by atoms with Crippen molar-refractivity contribution in [2.75, 3.05) is 7.11 Å². The van der Waals surface area contributed by atoms with Crippen molar-refractivity contribution in [1.82, 2.24) is 9.97 Å². The topological polar surface area (TPSA) is 70.9 Å². The number of fused-ring (bicyclic) bond motifs is 1. The van der Waals surface area contributed by atoms with E-state index in [-0.39, 0.29) is 18.0 Å². The van der Waals surface area contributed by atoms with E-state index in [2.05, 4.69) is 32.0 Å². The molecule has 8 heteroatoms. The molecule has 0 spiro atoms. The van der Waals surface area contributed by atoms with E-state index in [1.54, 1.807) is 42.5 Å². The quantitative estimate of drug-likeness (QED) is 0.320. The Morgan fingerprint density at radius 2 is 2.00 bits per heavy atom. The van der Waals surface area contributed by atoms with Crippen molar-refractivity contribution in [3.8, 4) is 17.6 Å². The van der Waals surface area contributed by atoms with Crippen LogP contribution in [0.5, 0.6) is 11.5 Å². The van der Waals surface area contributed by atoms with Gasteiger partial charge in [-0.2, -0.15) is 5.26 Å². The molecule has 0 fully saturated rings. The molecule has 1 aromatic heterocycles. The number of rotatable bonds is 6. The van der Waals surface area contributed by atoms with Crippen LogP contribution in [0.15, 0.2) is 59.1 Å². The van der Waals surface area contributed by atoms with Crippen LogP contribution >= 0.6 is 15.9 Å². The third-order valence-corrected chi connectivity index (χ3v) is 5.30. The zero-order chi connectivity index (χ0) is 22.7. The van der Waals surface area contributed by atoms with E-state index in [4.69, 9.17) is 9.47 Å². The van der Waals surface area contributed by atoms with Crippen LogP contribution in [0.25, 0.3) is 22.7 Å². The van der Waals surface area contributed by atoms with E-state index < -0.39 is 5.82 Å². The Bertz CT molecular complexity index is 1380. The third-order valence-electron chi connectivity index (χ3n) is 4.71. The minimum absolute atomic E-state index is 0.0236. The van der Waals surface area contributed by atoms with Crippen LogP contribution in [0.2, 0.25) is 0 Å². The van der Waals surface area contributed by atoms with Gasteiger partial charge in [0.25, 0.3) is 0 Å². The average molecular weight is 496 g/mol. The van der Waals surface area contributed by atoms with Crippen LogP contribution in [0.1, 0.15) is 17.0 Å². The molecule has 3 aromatic carbocycles. The van der Waals surface area contributed by atoms with E-state index in [0.717, 1.165) is 0 Å². The molecule has 0 aliphatic heterocycles. The van der Waals surface area contributed by atoms with Crippen LogP contribution in [-0.2, 0) is 6.61 Å². The maximum absolute atomic E-state index is 13.9. The molecule has 0 saturated heterocycles. The molecular formula is C24H16BrF2N3O2. The van der Waals surface area contributed by atoms with E-state index >= 15 is 0 Å². The third kappa shape index (κ3) is 4.48. The van der Waals surface area contributed by atoms with Gasteiger partial charge in [0, 0.05) is 5.56 Å². The van der Waals surface area contributed by atoms with Crippen molar-refractivity contribution in [2.24, 2.45) is 0 Å². The highest BCUT2D eigenvalue weighted by Gasteiger charge is 2.14. The van der Waals surface area contributed by atoms with Gasteiger partial charge in [-0.3, -0.25) is 0 Å². The number of nitriles is 1. The molecule has 1 N–H and O–H groups in total. The summed E-state index contributed by atoms with van der Waals surface area (Å²) in [5, 5.41) is 9.65. The van der Waals surface area contributed by atoms with E-state index in [9.17, 15) is 14.0 Å². The minimum atomic E-state index is -0.394. The number of nitrogens with one attached hydrogen (secondary N) is 1. The Hall–Kier alpha value is -3.70. The number of hydrogen-bond acceptors (Lipinski definition) is 4. The van der Waals surface area contributed by atoms with Gasteiger partial charge in [0.2, 0.25) is 0 Å². The molecule has 0 amide bonds. The SMILES string of the molecule is COc1cc(/C=C(/C#N)c2nc3ccc(F)cc3[nH]2)cc(Br)c1OCc1ccccc1F. The summed E-state index contributed by atoms with van der Waals surface area (Å²) in [7, 11) is 1.49. The molecule has 0 saturated carbocycles. The van der Waals surface area contributed by atoms with Crippen molar-refractivity contribution in [3.63, 3.8) is 0 Å². The number of methoxy groups -OCH3 is 1. The van der Waals surface area contributed by atoms with Crippen molar-refractivity contribution in [1.29, 1.82) is 5.26 Å². The molecule has 0 unspecified atom stereocenters. The standard InChI is InChI=1S/C24H16BrF2N3O2/c1-31-22-10-14(9-18(25)23(22)32-13-15-4-2-3-5-19(15)27)8-16(12-28)24-29-20-7-6-17(26)11-21(20)30-24/h2-11H,13H2,1H3,(H,29,30)/b16-8-. The summed E-state index contributed by atoms with van der Waals surface area (Å²) < 4.78 is 39.2. The minimum Gasteiger partial charge on any atom is -0.493 e. The van der Waals surface area contributed by atoms with Gasteiger partial charge in [0.1, 0.15) is 30.1 Å². The summed E-state index contributed by atoms with van der Waals surface area (Å²) in [6.45, 7) is 0.0236. The average Bonchev–Trinajstić information content (AvgIpc) is 3.20.